The molecule has 0 aliphatic rings. The molecule has 1 amide bonds. The third kappa shape index (κ3) is 5.90. The van der Waals surface area contributed by atoms with Crippen molar-refractivity contribution in [3.8, 4) is 0 Å². The van der Waals surface area contributed by atoms with Gasteiger partial charge in [-0.15, -0.1) is 0 Å². The summed E-state index contributed by atoms with van der Waals surface area (Å²) in [6.45, 7) is 0.217. The van der Waals surface area contributed by atoms with Gasteiger partial charge in [-0.05, 0) is 68.2 Å². The topological polar surface area (TPSA) is 69.7 Å². The zero-order chi connectivity index (χ0) is 24.2. The van der Waals surface area contributed by atoms with Crippen LogP contribution in [0.25, 0.3) is 0 Å². The lowest BCUT2D eigenvalue weighted by Gasteiger charge is -2.25. The SMILES string of the molecule is CN(C)[C@@H](CNC(=O)c1cccc(S(=O)(=O)N(C)c2cccc(Cl)c2)c1)c1cccc(F)c1. The van der Waals surface area contributed by atoms with Crippen molar-refractivity contribution in [1.82, 2.24) is 10.2 Å². The molecule has 0 aromatic heterocycles. The molecule has 3 aromatic rings. The lowest BCUT2D eigenvalue weighted by Crippen LogP contribution is -2.34. The first kappa shape index (κ1) is 24.7. The van der Waals surface area contributed by atoms with Crippen LogP contribution in [0.1, 0.15) is 22.0 Å². The van der Waals surface area contributed by atoms with E-state index < -0.39 is 15.9 Å². The number of rotatable bonds is 8. The van der Waals surface area contributed by atoms with E-state index in [1.54, 1.807) is 42.5 Å². The van der Waals surface area contributed by atoms with Gasteiger partial charge in [-0.25, -0.2) is 12.8 Å². The standard InChI is InChI=1S/C24H25ClFN3O3S/c1-28(2)23(17-7-4-10-20(26)13-17)16-27-24(30)18-8-5-12-22(14-18)33(31,32)29(3)21-11-6-9-19(25)15-21/h4-15,23H,16H2,1-3H3,(H,27,30)/t23-/m0/s1. The van der Waals surface area contributed by atoms with Gasteiger partial charge in [0.05, 0.1) is 16.6 Å². The lowest BCUT2D eigenvalue weighted by molar-refractivity contribution is 0.0941. The molecule has 0 saturated carbocycles. The highest BCUT2D eigenvalue weighted by molar-refractivity contribution is 7.92. The van der Waals surface area contributed by atoms with Crippen LogP contribution in [0.5, 0.6) is 0 Å². The number of benzene rings is 3. The Morgan fingerprint density at radius 1 is 1.00 bits per heavy atom. The monoisotopic (exact) mass is 489 g/mol. The fourth-order valence-corrected chi connectivity index (χ4v) is 4.79. The highest BCUT2D eigenvalue weighted by atomic mass is 35.5. The Morgan fingerprint density at radius 3 is 2.36 bits per heavy atom. The molecule has 0 bridgehead atoms. The Balaban J connectivity index is 1.79. The number of nitrogens with one attached hydrogen (secondary N) is 1. The molecule has 1 N–H and O–H groups in total. The van der Waals surface area contributed by atoms with Gasteiger partial charge in [0.15, 0.2) is 0 Å². The van der Waals surface area contributed by atoms with E-state index >= 15 is 0 Å². The summed E-state index contributed by atoms with van der Waals surface area (Å²) < 4.78 is 41.0. The first-order valence-corrected chi connectivity index (χ1v) is 12.0. The second-order valence-electron chi connectivity index (χ2n) is 7.72. The molecule has 1 atom stereocenters. The van der Waals surface area contributed by atoms with Crippen LogP contribution >= 0.6 is 11.6 Å². The summed E-state index contributed by atoms with van der Waals surface area (Å²) in [5.41, 5.74) is 1.33. The van der Waals surface area contributed by atoms with Crippen molar-refractivity contribution in [3.05, 3.63) is 94.8 Å². The molecule has 0 unspecified atom stereocenters. The molecule has 0 fully saturated rings. The smallest absolute Gasteiger partial charge is 0.264 e. The molecule has 3 aromatic carbocycles. The van der Waals surface area contributed by atoms with Gasteiger partial charge in [0, 0.05) is 24.2 Å². The number of hydrogen-bond donors (Lipinski definition) is 1. The van der Waals surface area contributed by atoms with E-state index in [0.717, 1.165) is 9.87 Å². The van der Waals surface area contributed by atoms with Crippen molar-refractivity contribution in [2.75, 3.05) is 32.0 Å². The molecule has 0 aliphatic carbocycles. The summed E-state index contributed by atoms with van der Waals surface area (Å²) in [6, 6.07) is 18.3. The van der Waals surface area contributed by atoms with Crippen molar-refractivity contribution in [2.45, 2.75) is 10.9 Å². The Morgan fingerprint density at radius 2 is 1.70 bits per heavy atom. The van der Waals surface area contributed by atoms with Crippen LogP contribution in [0.15, 0.2) is 77.7 Å². The van der Waals surface area contributed by atoms with Gasteiger partial charge >= 0.3 is 0 Å². The highest BCUT2D eigenvalue weighted by Gasteiger charge is 2.23. The number of likely N-dealkylation sites (N-methyl/N-ethyl adjacent to an activating group) is 1. The maximum atomic E-state index is 13.6. The van der Waals surface area contributed by atoms with E-state index in [9.17, 15) is 17.6 Å². The molecule has 33 heavy (non-hydrogen) atoms. The van der Waals surface area contributed by atoms with E-state index in [0.29, 0.717) is 10.7 Å². The normalized spacial score (nSPS) is 12.4. The zero-order valence-corrected chi connectivity index (χ0v) is 20.1. The van der Waals surface area contributed by atoms with E-state index in [4.69, 9.17) is 11.6 Å². The van der Waals surface area contributed by atoms with Crippen LogP contribution in [0, 0.1) is 5.82 Å². The van der Waals surface area contributed by atoms with Crippen LogP contribution in [-0.4, -0.2) is 46.9 Å². The van der Waals surface area contributed by atoms with Crippen molar-refractivity contribution in [2.24, 2.45) is 0 Å². The fraction of sp³-hybridized carbons (Fsp3) is 0.208. The summed E-state index contributed by atoms with van der Waals surface area (Å²) in [6.07, 6.45) is 0. The summed E-state index contributed by atoms with van der Waals surface area (Å²) in [7, 11) is 1.18. The van der Waals surface area contributed by atoms with Crippen LogP contribution in [-0.2, 0) is 10.0 Å². The minimum absolute atomic E-state index is 0.0214. The van der Waals surface area contributed by atoms with E-state index in [1.165, 1.54) is 37.4 Å². The van der Waals surface area contributed by atoms with E-state index in [1.807, 2.05) is 19.0 Å². The van der Waals surface area contributed by atoms with Gasteiger partial charge in [0.1, 0.15) is 5.82 Å². The molecule has 0 heterocycles. The van der Waals surface area contributed by atoms with Crippen LogP contribution in [0.4, 0.5) is 10.1 Å². The van der Waals surface area contributed by atoms with Gasteiger partial charge < -0.3 is 10.2 Å². The van der Waals surface area contributed by atoms with Gasteiger partial charge in [0.25, 0.3) is 15.9 Å². The highest BCUT2D eigenvalue weighted by Crippen LogP contribution is 2.25. The zero-order valence-electron chi connectivity index (χ0n) is 18.5. The molecule has 0 spiro atoms. The molecule has 174 valence electrons. The number of halogens is 2. The molecular weight excluding hydrogens is 465 g/mol. The third-order valence-corrected chi connectivity index (χ3v) is 7.26. The maximum Gasteiger partial charge on any atom is 0.264 e. The van der Waals surface area contributed by atoms with E-state index in [-0.39, 0.29) is 28.9 Å². The Bertz CT molecular complexity index is 1250. The summed E-state index contributed by atoms with van der Waals surface area (Å²) >= 11 is 5.99. The fourth-order valence-electron chi connectivity index (χ4n) is 3.37. The van der Waals surface area contributed by atoms with Crippen molar-refractivity contribution < 1.29 is 17.6 Å². The number of carbonyl (C=O) groups excluding carboxylic acids is 1. The minimum Gasteiger partial charge on any atom is -0.350 e. The van der Waals surface area contributed by atoms with Crippen molar-refractivity contribution in [1.29, 1.82) is 0 Å². The number of amides is 1. The number of carbonyl (C=O) groups is 1. The Kier molecular flexibility index (Phi) is 7.73. The second kappa shape index (κ2) is 10.3. The van der Waals surface area contributed by atoms with Gasteiger partial charge in [-0.1, -0.05) is 35.9 Å². The van der Waals surface area contributed by atoms with Crippen molar-refractivity contribution in [3.63, 3.8) is 0 Å². The molecule has 6 nitrogen and oxygen atoms in total. The third-order valence-electron chi connectivity index (χ3n) is 5.24. The summed E-state index contributed by atoms with van der Waals surface area (Å²) in [5, 5.41) is 3.23. The van der Waals surface area contributed by atoms with Gasteiger partial charge in [0.2, 0.25) is 0 Å². The first-order chi connectivity index (χ1) is 15.6. The predicted octanol–water partition coefficient (Wildman–Crippen LogP) is 4.34. The summed E-state index contributed by atoms with van der Waals surface area (Å²) in [5.74, 6) is -0.784. The second-order valence-corrected chi connectivity index (χ2v) is 10.1. The molecule has 0 aliphatic heterocycles. The molecule has 9 heteroatoms. The number of anilines is 1. The maximum absolute atomic E-state index is 13.6. The first-order valence-electron chi connectivity index (χ1n) is 10.1. The lowest BCUT2D eigenvalue weighted by atomic mass is 10.1. The number of nitrogens with zero attached hydrogens (tertiary/aromatic N) is 2. The van der Waals surface area contributed by atoms with Gasteiger partial charge in [-0.2, -0.15) is 0 Å². The summed E-state index contributed by atoms with van der Waals surface area (Å²) in [4.78, 5) is 14.7. The molecular formula is C24H25ClFN3O3S. The molecule has 3 rings (SSSR count). The van der Waals surface area contributed by atoms with E-state index in [2.05, 4.69) is 5.32 Å². The largest absolute Gasteiger partial charge is 0.350 e. The average Bonchev–Trinajstić information content (AvgIpc) is 2.78. The van der Waals surface area contributed by atoms with Crippen LogP contribution in [0.3, 0.4) is 0 Å². The predicted molar refractivity (Wildman–Crippen MR) is 129 cm³/mol. The molecule has 0 saturated heterocycles. The quantitative estimate of drug-likeness (QED) is 0.511. The Labute approximate surface area is 198 Å². The van der Waals surface area contributed by atoms with Crippen molar-refractivity contribution >= 4 is 33.2 Å². The average molecular weight is 490 g/mol. The number of hydrogen-bond acceptors (Lipinski definition) is 4. The Hall–Kier alpha value is -2.94. The number of sulfonamides is 1. The van der Waals surface area contributed by atoms with Gasteiger partial charge in [-0.3, -0.25) is 9.10 Å². The van der Waals surface area contributed by atoms with Crippen LogP contribution < -0.4 is 9.62 Å². The molecule has 0 radical (unpaired) electrons. The van der Waals surface area contributed by atoms with Crippen LogP contribution in [0.2, 0.25) is 5.02 Å². The minimum atomic E-state index is -3.91.